The number of piperazine rings is 1. The summed E-state index contributed by atoms with van der Waals surface area (Å²) in [5, 5.41) is 3.35. The van der Waals surface area contributed by atoms with Gasteiger partial charge in [0, 0.05) is 37.2 Å². The van der Waals surface area contributed by atoms with Gasteiger partial charge in [-0.05, 0) is 31.0 Å². The molecule has 23 heavy (non-hydrogen) atoms. The molecule has 0 radical (unpaired) electrons. The van der Waals surface area contributed by atoms with Crippen LogP contribution in [0.15, 0.2) is 29.2 Å². The molecule has 1 aliphatic heterocycles. The van der Waals surface area contributed by atoms with E-state index in [1.165, 1.54) is 10.4 Å². The molecule has 2 fully saturated rings. The highest BCUT2D eigenvalue weighted by atomic mass is 35.5. The molecular formula is C15H20ClN3O3S. The number of nitrogens with zero attached hydrogens (tertiary/aromatic N) is 2. The van der Waals surface area contributed by atoms with Crippen LogP contribution >= 0.6 is 11.6 Å². The van der Waals surface area contributed by atoms with E-state index in [4.69, 9.17) is 11.6 Å². The standard InChI is InChI=1S/C15H20ClN3O3S/c16-12-2-1-3-14(10-12)23(21,22)19-8-6-18(7-9-19)11-15(20)17-13-4-5-13/h1-3,10,13H,4-9,11H2,(H,17,20). The Morgan fingerprint density at radius 2 is 1.91 bits per heavy atom. The van der Waals surface area contributed by atoms with Crippen LogP contribution in [0.3, 0.4) is 0 Å². The Bertz CT molecular complexity index is 683. The third kappa shape index (κ3) is 4.23. The summed E-state index contributed by atoms with van der Waals surface area (Å²) in [6.45, 7) is 2.20. The molecule has 8 heteroatoms. The lowest BCUT2D eigenvalue weighted by molar-refractivity contribution is -0.122. The molecule has 1 amide bonds. The summed E-state index contributed by atoms with van der Waals surface area (Å²) in [4.78, 5) is 14.0. The molecule has 6 nitrogen and oxygen atoms in total. The topological polar surface area (TPSA) is 69.7 Å². The molecule has 0 unspecified atom stereocenters. The fraction of sp³-hybridized carbons (Fsp3) is 0.533. The number of carbonyl (C=O) groups is 1. The summed E-state index contributed by atoms with van der Waals surface area (Å²) in [6.07, 6.45) is 2.13. The van der Waals surface area contributed by atoms with E-state index in [1.807, 2.05) is 4.90 Å². The lowest BCUT2D eigenvalue weighted by Crippen LogP contribution is -2.51. The Morgan fingerprint density at radius 1 is 1.22 bits per heavy atom. The van der Waals surface area contributed by atoms with Gasteiger partial charge in [-0.3, -0.25) is 9.69 Å². The monoisotopic (exact) mass is 357 g/mol. The fourth-order valence-corrected chi connectivity index (χ4v) is 4.33. The van der Waals surface area contributed by atoms with Crippen molar-refractivity contribution in [2.45, 2.75) is 23.8 Å². The summed E-state index contributed by atoms with van der Waals surface area (Å²) >= 11 is 5.88. The van der Waals surface area contributed by atoms with Gasteiger partial charge in [-0.25, -0.2) is 8.42 Å². The highest BCUT2D eigenvalue weighted by Crippen LogP contribution is 2.21. The van der Waals surface area contributed by atoms with Crippen LogP contribution in [0.2, 0.25) is 5.02 Å². The Labute approximate surface area is 141 Å². The molecule has 3 rings (SSSR count). The van der Waals surface area contributed by atoms with Crippen molar-refractivity contribution in [1.29, 1.82) is 0 Å². The second kappa shape index (κ2) is 6.76. The van der Waals surface area contributed by atoms with Crippen LogP contribution in [0.5, 0.6) is 0 Å². The first kappa shape index (κ1) is 16.7. The average molecular weight is 358 g/mol. The van der Waals surface area contributed by atoms with E-state index in [1.54, 1.807) is 18.2 Å². The number of sulfonamides is 1. The van der Waals surface area contributed by atoms with Gasteiger partial charge in [0.05, 0.1) is 11.4 Å². The van der Waals surface area contributed by atoms with E-state index < -0.39 is 10.0 Å². The highest BCUT2D eigenvalue weighted by Gasteiger charge is 2.30. The lowest BCUT2D eigenvalue weighted by atomic mass is 10.3. The van der Waals surface area contributed by atoms with Gasteiger partial charge in [-0.2, -0.15) is 4.31 Å². The molecule has 1 N–H and O–H groups in total. The van der Waals surface area contributed by atoms with Crippen molar-refractivity contribution < 1.29 is 13.2 Å². The Balaban J connectivity index is 1.56. The third-order valence-corrected chi connectivity index (χ3v) is 6.20. The number of halogens is 1. The molecule has 0 bridgehead atoms. The first-order valence-electron chi connectivity index (χ1n) is 7.72. The number of hydrogen-bond acceptors (Lipinski definition) is 4. The summed E-state index contributed by atoms with van der Waals surface area (Å²) < 4.78 is 26.6. The largest absolute Gasteiger partial charge is 0.352 e. The maximum absolute atomic E-state index is 12.6. The zero-order valence-electron chi connectivity index (χ0n) is 12.7. The molecule has 1 aliphatic carbocycles. The van der Waals surface area contributed by atoms with Crippen molar-refractivity contribution in [2.24, 2.45) is 0 Å². The first-order valence-corrected chi connectivity index (χ1v) is 9.54. The van der Waals surface area contributed by atoms with Crippen LogP contribution < -0.4 is 5.32 Å². The number of nitrogens with one attached hydrogen (secondary N) is 1. The van der Waals surface area contributed by atoms with E-state index in [2.05, 4.69) is 5.32 Å². The van der Waals surface area contributed by atoms with E-state index >= 15 is 0 Å². The summed E-state index contributed by atoms with van der Waals surface area (Å²) in [7, 11) is -3.52. The maximum atomic E-state index is 12.6. The molecule has 126 valence electrons. The zero-order chi connectivity index (χ0) is 16.4. The van der Waals surface area contributed by atoms with E-state index in [9.17, 15) is 13.2 Å². The van der Waals surface area contributed by atoms with E-state index in [0.717, 1.165) is 12.8 Å². The van der Waals surface area contributed by atoms with Gasteiger partial charge < -0.3 is 5.32 Å². The molecule has 1 saturated carbocycles. The second-order valence-electron chi connectivity index (χ2n) is 5.98. The molecule has 1 aromatic carbocycles. The van der Waals surface area contributed by atoms with Crippen molar-refractivity contribution in [3.63, 3.8) is 0 Å². The second-order valence-corrected chi connectivity index (χ2v) is 8.35. The molecule has 0 atom stereocenters. The van der Waals surface area contributed by atoms with Gasteiger partial charge in [-0.15, -0.1) is 0 Å². The van der Waals surface area contributed by atoms with Crippen LogP contribution in [0, 0.1) is 0 Å². The fourth-order valence-electron chi connectivity index (χ4n) is 2.61. The Hall–Kier alpha value is -1.15. The zero-order valence-corrected chi connectivity index (χ0v) is 14.3. The Kier molecular flexibility index (Phi) is 4.91. The van der Waals surface area contributed by atoms with E-state index in [0.29, 0.717) is 43.8 Å². The third-order valence-electron chi connectivity index (χ3n) is 4.07. The molecule has 1 aromatic rings. The molecule has 0 aromatic heterocycles. The summed E-state index contributed by atoms with van der Waals surface area (Å²) in [5.41, 5.74) is 0. The normalized spacial score (nSPS) is 20.4. The van der Waals surface area contributed by atoms with Gasteiger partial charge in [0.25, 0.3) is 0 Å². The lowest BCUT2D eigenvalue weighted by Gasteiger charge is -2.33. The van der Waals surface area contributed by atoms with Gasteiger partial charge >= 0.3 is 0 Å². The minimum absolute atomic E-state index is 0.0265. The summed E-state index contributed by atoms with van der Waals surface area (Å²) in [5.74, 6) is 0.0265. The first-order chi connectivity index (χ1) is 10.9. The maximum Gasteiger partial charge on any atom is 0.243 e. The van der Waals surface area contributed by atoms with Gasteiger partial charge in [-0.1, -0.05) is 17.7 Å². The van der Waals surface area contributed by atoms with Crippen molar-refractivity contribution >= 4 is 27.5 Å². The number of hydrogen-bond donors (Lipinski definition) is 1. The van der Waals surface area contributed by atoms with Gasteiger partial charge in [0.1, 0.15) is 0 Å². The SMILES string of the molecule is O=C(CN1CCN(S(=O)(=O)c2cccc(Cl)c2)CC1)NC1CC1. The predicted molar refractivity (Wildman–Crippen MR) is 87.8 cm³/mol. The smallest absolute Gasteiger partial charge is 0.243 e. The van der Waals surface area contributed by atoms with Gasteiger partial charge in [0.2, 0.25) is 15.9 Å². The van der Waals surface area contributed by atoms with Crippen molar-refractivity contribution in [3.05, 3.63) is 29.3 Å². The van der Waals surface area contributed by atoms with Crippen molar-refractivity contribution in [3.8, 4) is 0 Å². The minimum atomic E-state index is -3.52. The number of rotatable bonds is 5. The molecule has 2 aliphatic rings. The molecular weight excluding hydrogens is 338 g/mol. The van der Waals surface area contributed by atoms with Crippen molar-refractivity contribution in [2.75, 3.05) is 32.7 Å². The average Bonchev–Trinajstić information content (AvgIpc) is 3.31. The van der Waals surface area contributed by atoms with Crippen LogP contribution in [0.1, 0.15) is 12.8 Å². The number of amides is 1. The Morgan fingerprint density at radius 3 is 2.52 bits per heavy atom. The van der Waals surface area contributed by atoms with Crippen LogP contribution in [0.25, 0.3) is 0 Å². The van der Waals surface area contributed by atoms with Crippen LogP contribution in [-0.4, -0.2) is 62.3 Å². The quantitative estimate of drug-likeness (QED) is 0.851. The minimum Gasteiger partial charge on any atom is -0.352 e. The van der Waals surface area contributed by atoms with Gasteiger partial charge in [0.15, 0.2) is 0 Å². The summed E-state index contributed by atoms with van der Waals surface area (Å²) in [6, 6.07) is 6.65. The molecule has 1 heterocycles. The van der Waals surface area contributed by atoms with Crippen molar-refractivity contribution in [1.82, 2.24) is 14.5 Å². The number of carbonyl (C=O) groups excluding carboxylic acids is 1. The number of benzene rings is 1. The molecule has 1 saturated heterocycles. The predicted octanol–water partition coefficient (Wildman–Crippen LogP) is 0.925. The van der Waals surface area contributed by atoms with Crippen LogP contribution in [0.4, 0.5) is 0 Å². The molecule has 0 spiro atoms. The highest BCUT2D eigenvalue weighted by molar-refractivity contribution is 7.89. The van der Waals surface area contributed by atoms with E-state index in [-0.39, 0.29) is 10.8 Å². The van der Waals surface area contributed by atoms with Crippen LogP contribution in [-0.2, 0) is 14.8 Å².